The zero-order valence-corrected chi connectivity index (χ0v) is 28.6. The van der Waals surface area contributed by atoms with Crippen molar-refractivity contribution in [2.75, 3.05) is 72.2 Å². The van der Waals surface area contributed by atoms with Crippen LogP contribution in [0.15, 0.2) is 85.2 Å². The fourth-order valence-corrected chi connectivity index (χ4v) is 9.12. The third-order valence-corrected chi connectivity index (χ3v) is 11.6. The van der Waals surface area contributed by atoms with Crippen molar-refractivity contribution in [3.63, 3.8) is 0 Å². The van der Waals surface area contributed by atoms with E-state index < -0.39 is 0 Å². The molecule has 5 rings (SSSR count). The van der Waals surface area contributed by atoms with Crippen LogP contribution in [0.5, 0.6) is 0 Å². The van der Waals surface area contributed by atoms with E-state index in [1.54, 1.807) is 0 Å². The first-order valence-electron chi connectivity index (χ1n) is 15.3. The van der Waals surface area contributed by atoms with Crippen LogP contribution in [0, 0.1) is 0 Å². The lowest BCUT2D eigenvalue weighted by Crippen LogP contribution is -2.29. The first-order chi connectivity index (χ1) is 21.8. The van der Waals surface area contributed by atoms with Crippen LogP contribution in [-0.4, -0.2) is 102 Å². The van der Waals surface area contributed by atoms with E-state index in [1.807, 2.05) is 48.8 Å². The zero-order valence-electron chi connectivity index (χ0n) is 25.3. The Morgan fingerprint density at radius 1 is 0.432 bits per heavy atom. The lowest BCUT2D eigenvalue weighted by atomic mass is 10.2. The molecule has 0 saturated carbocycles. The summed E-state index contributed by atoms with van der Waals surface area (Å²) in [7, 11) is 0. The van der Waals surface area contributed by atoms with Crippen molar-refractivity contribution >= 4 is 47.0 Å². The van der Waals surface area contributed by atoms with E-state index in [0.717, 1.165) is 96.4 Å². The highest BCUT2D eigenvalue weighted by atomic mass is 32.2. The predicted molar refractivity (Wildman–Crippen MR) is 195 cm³/mol. The Morgan fingerprint density at radius 3 is 1.18 bits per heavy atom. The molecule has 232 valence electrons. The van der Waals surface area contributed by atoms with Crippen LogP contribution in [0.25, 0.3) is 22.8 Å². The molecule has 0 radical (unpaired) electrons. The van der Waals surface area contributed by atoms with E-state index in [2.05, 4.69) is 103 Å². The Hall–Kier alpha value is -2.08. The van der Waals surface area contributed by atoms with E-state index in [-0.39, 0.29) is 0 Å². The van der Waals surface area contributed by atoms with Crippen molar-refractivity contribution in [2.45, 2.75) is 13.1 Å². The lowest BCUT2D eigenvalue weighted by molar-refractivity contribution is 0.297. The molecular formula is C34H42N6S4. The summed E-state index contributed by atoms with van der Waals surface area (Å²) in [6.07, 6.45) is 3.67. The standard InChI is InChI=1S/C34H42N6S4/c1-3-13-35-31(9-1)33-11-5-7-29(37-33)27-39-15-19-41-23-25-43-21-17-40(18-22-44-26-24-42-20-16-39)28-30-8-6-12-34(38-30)32-10-2-4-14-36-32/h1-14H,15-28H2. The summed E-state index contributed by atoms with van der Waals surface area (Å²) >= 11 is 8.32. The van der Waals surface area contributed by atoms with Gasteiger partial charge in [0.2, 0.25) is 0 Å². The first-order valence-corrected chi connectivity index (χ1v) is 20.0. The van der Waals surface area contributed by atoms with Gasteiger partial charge in [-0.05, 0) is 48.5 Å². The molecule has 4 aromatic rings. The molecular weight excluding hydrogens is 621 g/mol. The van der Waals surface area contributed by atoms with E-state index in [9.17, 15) is 0 Å². The molecule has 4 aromatic heterocycles. The van der Waals surface area contributed by atoms with Gasteiger partial charge in [-0.2, -0.15) is 47.0 Å². The monoisotopic (exact) mass is 662 g/mol. The predicted octanol–water partition coefficient (Wildman–Crippen LogP) is 6.85. The van der Waals surface area contributed by atoms with Crippen molar-refractivity contribution in [1.82, 2.24) is 29.7 Å². The number of thioether (sulfide) groups is 4. The molecule has 6 nitrogen and oxygen atoms in total. The van der Waals surface area contributed by atoms with Crippen molar-refractivity contribution in [1.29, 1.82) is 0 Å². The number of rotatable bonds is 6. The molecule has 1 fully saturated rings. The highest BCUT2D eigenvalue weighted by Gasteiger charge is 2.12. The van der Waals surface area contributed by atoms with E-state index >= 15 is 0 Å². The number of nitrogens with zero attached hydrogens (tertiary/aromatic N) is 6. The number of aromatic nitrogens is 4. The van der Waals surface area contributed by atoms with Gasteiger partial charge in [-0.3, -0.25) is 19.8 Å². The second-order valence-electron chi connectivity index (χ2n) is 10.5. The van der Waals surface area contributed by atoms with Gasteiger partial charge in [0.1, 0.15) is 0 Å². The minimum atomic E-state index is 0.890. The maximum absolute atomic E-state index is 4.95. The molecule has 0 bridgehead atoms. The molecule has 1 aliphatic rings. The topological polar surface area (TPSA) is 58.0 Å². The van der Waals surface area contributed by atoms with Crippen LogP contribution >= 0.6 is 47.0 Å². The summed E-state index contributed by atoms with van der Waals surface area (Å²) in [4.78, 5) is 24.1. The van der Waals surface area contributed by atoms with Crippen LogP contribution in [0.3, 0.4) is 0 Å². The van der Waals surface area contributed by atoms with Gasteiger partial charge < -0.3 is 0 Å². The molecule has 5 heterocycles. The van der Waals surface area contributed by atoms with Gasteiger partial charge in [0.15, 0.2) is 0 Å². The third kappa shape index (κ3) is 11.7. The summed E-state index contributed by atoms with van der Waals surface area (Å²) in [6, 6.07) is 24.7. The molecule has 0 atom stereocenters. The summed E-state index contributed by atoms with van der Waals surface area (Å²) in [5.74, 6) is 9.43. The average Bonchev–Trinajstić information content (AvgIpc) is 3.07. The van der Waals surface area contributed by atoms with Gasteiger partial charge in [-0.1, -0.05) is 24.3 Å². The van der Waals surface area contributed by atoms with E-state index in [0.29, 0.717) is 0 Å². The van der Waals surface area contributed by atoms with Crippen molar-refractivity contribution in [2.24, 2.45) is 0 Å². The minimum absolute atomic E-state index is 0.890. The Labute approximate surface area is 280 Å². The van der Waals surface area contributed by atoms with Crippen molar-refractivity contribution in [3.8, 4) is 22.8 Å². The van der Waals surface area contributed by atoms with Crippen molar-refractivity contribution in [3.05, 3.63) is 96.6 Å². The van der Waals surface area contributed by atoms with Crippen LogP contribution < -0.4 is 0 Å². The van der Waals surface area contributed by atoms with Crippen LogP contribution in [0.4, 0.5) is 0 Å². The number of hydrogen-bond donors (Lipinski definition) is 0. The van der Waals surface area contributed by atoms with Gasteiger partial charge in [-0.15, -0.1) is 0 Å². The molecule has 1 aliphatic heterocycles. The quantitative estimate of drug-likeness (QED) is 0.219. The fourth-order valence-electron chi connectivity index (χ4n) is 4.87. The van der Waals surface area contributed by atoms with Crippen molar-refractivity contribution < 1.29 is 0 Å². The van der Waals surface area contributed by atoms with Gasteiger partial charge >= 0.3 is 0 Å². The van der Waals surface area contributed by atoms with Crippen LogP contribution in [0.1, 0.15) is 11.4 Å². The fraction of sp³-hybridized carbons (Fsp3) is 0.412. The molecule has 1 saturated heterocycles. The second kappa shape index (κ2) is 19.4. The molecule has 0 N–H and O–H groups in total. The largest absolute Gasteiger partial charge is 0.296 e. The number of hydrogen-bond acceptors (Lipinski definition) is 10. The van der Waals surface area contributed by atoms with Crippen LogP contribution in [-0.2, 0) is 13.1 Å². The maximum atomic E-state index is 4.95. The second-order valence-corrected chi connectivity index (χ2v) is 15.4. The average molecular weight is 663 g/mol. The summed E-state index contributed by atoms with van der Waals surface area (Å²) in [5.41, 5.74) is 6.03. The Kier molecular flexibility index (Phi) is 14.7. The Bertz CT molecular complexity index is 1240. The maximum Gasteiger partial charge on any atom is 0.0890 e. The third-order valence-electron chi connectivity index (χ3n) is 7.19. The van der Waals surface area contributed by atoms with Gasteiger partial charge in [0, 0.05) is 97.7 Å². The molecule has 44 heavy (non-hydrogen) atoms. The highest BCUT2D eigenvalue weighted by Crippen LogP contribution is 2.18. The van der Waals surface area contributed by atoms with Crippen LogP contribution in [0.2, 0.25) is 0 Å². The molecule has 0 unspecified atom stereocenters. The molecule has 0 spiro atoms. The Balaban J connectivity index is 1.10. The minimum Gasteiger partial charge on any atom is -0.296 e. The molecule has 0 aromatic carbocycles. The van der Waals surface area contributed by atoms with E-state index in [4.69, 9.17) is 9.97 Å². The summed E-state index contributed by atoms with van der Waals surface area (Å²) < 4.78 is 0. The normalized spacial score (nSPS) is 17.5. The summed E-state index contributed by atoms with van der Waals surface area (Å²) in [5, 5.41) is 0. The lowest BCUT2D eigenvalue weighted by Gasteiger charge is -2.23. The first kappa shape index (κ1) is 33.3. The zero-order chi connectivity index (χ0) is 30.1. The van der Waals surface area contributed by atoms with E-state index in [1.165, 1.54) is 23.0 Å². The van der Waals surface area contributed by atoms with Gasteiger partial charge in [-0.25, -0.2) is 9.97 Å². The molecule has 0 amide bonds. The smallest absolute Gasteiger partial charge is 0.0890 e. The van der Waals surface area contributed by atoms with Gasteiger partial charge in [0.25, 0.3) is 0 Å². The SMILES string of the molecule is c1ccc(-c2cccc(CN3CCSCCSCCN(Cc4cccc(-c5ccccn5)n4)CCSCCSCC3)n2)nc1. The van der Waals surface area contributed by atoms with Gasteiger partial charge in [0.05, 0.1) is 34.2 Å². The molecule has 10 heteroatoms. The summed E-state index contributed by atoms with van der Waals surface area (Å²) in [6.45, 7) is 6.16. The Morgan fingerprint density at radius 2 is 0.818 bits per heavy atom. The number of pyridine rings is 4. The highest BCUT2D eigenvalue weighted by molar-refractivity contribution is 8.03. The molecule has 0 aliphatic carbocycles.